The molecule has 1 amide bonds. The Balaban J connectivity index is 2.87. The fourth-order valence-corrected chi connectivity index (χ4v) is 3.64. The smallest absolute Gasteiger partial charge is 0.292 e. The first-order chi connectivity index (χ1) is 11.8. The Labute approximate surface area is 154 Å². The summed E-state index contributed by atoms with van der Waals surface area (Å²) in [7, 11) is 0. The van der Waals surface area contributed by atoms with Crippen LogP contribution in [0, 0.1) is 5.41 Å². The van der Waals surface area contributed by atoms with Crippen molar-refractivity contribution in [3.63, 3.8) is 0 Å². The molecule has 1 aromatic carbocycles. The van der Waals surface area contributed by atoms with Gasteiger partial charge in [0.2, 0.25) is 5.78 Å². The van der Waals surface area contributed by atoms with Crippen LogP contribution in [0.4, 0.5) is 0 Å². The zero-order valence-corrected chi connectivity index (χ0v) is 15.9. The summed E-state index contributed by atoms with van der Waals surface area (Å²) < 4.78 is 0. The summed E-state index contributed by atoms with van der Waals surface area (Å²) in [6.45, 7) is 6.81. The first-order valence-electron chi connectivity index (χ1n) is 8.84. The lowest BCUT2D eigenvalue weighted by atomic mass is 9.75. The fourth-order valence-electron chi connectivity index (χ4n) is 3.43. The molecular weight excluding hydrogens is 342 g/mol. The molecule has 0 aliphatic carbocycles. The van der Waals surface area contributed by atoms with E-state index in [9.17, 15) is 19.8 Å². The number of halogens is 1. The number of hydrogen-bond acceptors (Lipinski definition) is 4. The Morgan fingerprint density at radius 3 is 2.00 bits per heavy atom. The largest absolute Gasteiger partial charge is 0.504 e. The molecule has 5 nitrogen and oxygen atoms in total. The second kappa shape index (κ2) is 9.66. The van der Waals surface area contributed by atoms with Gasteiger partial charge in [-0.15, -0.1) is 0 Å². The van der Waals surface area contributed by atoms with Crippen molar-refractivity contribution in [2.75, 3.05) is 6.54 Å². The van der Waals surface area contributed by atoms with Gasteiger partial charge in [0.25, 0.3) is 5.91 Å². The number of hydrogen-bond donors (Lipinski definition) is 3. The predicted molar refractivity (Wildman–Crippen MR) is 99.3 cm³/mol. The molecule has 0 aliphatic rings. The van der Waals surface area contributed by atoms with Crippen LogP contribution >= 0.6 is 11.6 Å². The summed E-state index contributed by atoms with van der Waals surface area (Å²) >= 11 is 5.75. The van der Waals surface area contributed by atoms with E-state index in [4.69, 9.17) is 11.6 Å². The number of phenols is 2. The summed E-state index contributed by atoms with van der Waals surface area (Å²) in [5.41, 5.74) is -0.0481. The molecule has 0 saturated heterocycles. The summed E-state index contributed by atoms with van der Waals surface area (Å²) in [6, 6.07) is 2.22. The SMILES string of the molecule is CCCC(CCC)(CCC)CNC(=O)C(=O)c1cc(O)c(O)c(Cl)c1. The van der Waals surface area contributed by atoms with Crippen molar-refractivity contribution in [2.45, 2.75) is 59.3 Å². The van der Waals surface area contributed by atoms with E-state index in [-0.39, 0.29) is 16.0 Å². The van der Waals surface area contributed by atoms with Gasteiger partial charge in [-0.05, 0) is 36.8 Å². The summed E-state index contributed by atoms with van der Waals surface area (Å²) in [5, 5.41) is 21.6. The van der Waals surface area contributed by atoms with Crippen LogP contribution in [0.5, 0.6) is 11.5 Å². The van der Waals surface area contributed by atoms with E-state index in [2.05, 4.69) is 26.1 Å². The molecule has 1 rings (SSSR count). The lowest BCUT2D eigenvalue weighted by Crippen LogP contribution is -2.40. The van der Waals surface area contributed by atoms with E-state index in [0.29, 0.717) is 6.54 Å². The Morgan fingerprint density at radius 2 is 1.56 bits per heavy atom. The topological polar surface area (TPSA) is 86.6 Å². The maximum Gasteiger partial charge on any atom is 0.292 e. The number of amides is 1. The molecule has 140 valence electrons. The number of ketones is 1. The second-order valence-electron chi connectivity index (χ2n) is 6.59. The van der Waals surface area contributed by atoms with Gasteiger partial charge < -0.3 is 15.5 Å². The molecule has 0 heterocycles. The quantitative estimate of drug-likeness (QED) is 0.323. The van der Waals surface area contributed by atoms with Gasteiger partial charge in [-0.25, -0.2) is 0 Å². The van der Waals surface area contributed by atoms with E-state index in [1.165, 1.54) is 6.07 Å². The minimum absolute atomic E-state index is 0.00291. The zero-order chi connectivity index (χ0) is 19.0. The molecule has 3 N–H and O–H groups in total. The van der Waals surface area contributed by atoms with Crippen molar-refractivity contribution in [3.8, 4) is 11.5 Å². The molecule has 0 saturated carbocycles. The van der Waals surface area contributed by atoms with Crippen molar-refractivity contribution in [1.29, 1.82) is 0 Å². The first kappa shape index (κ1) is 21.3. The highest BCUT2D eigenvalue weighted by Gasteiger charge is 2.29. The molecule has 0 aromatic heterocycles. The Kier molecular flexibility index (Phi) is 8.23. The maximum absolute atomic E-state index is 12.3. The molecule has 0 unspecified atom stereocenters. The standard InChI is InChI=1S/C19H28ClNO4/c1-4-7-19(8-5-2,9-6-3)12-21-18(25)16(23)13-10-14(20)17(24)15(22)11-13/h10-11,22,24H,4-9,12H2,1-3H3,(H,21,25). The van der Waals surface area contributed by atoms with E-state index < -0.39 is 23.2 Å². The highest BCUT2D eigenvalue weighted by Crippen LogP contribution is 2.35. The number of carbonyl (C=O) groups is 2. The van der Waals surface area contributed by atoms with Gasteiger partial charge in [-0.1, -0.05) is 51.6 Å². The van der Waals surface area contributed by atoms with Gasteiger partial charge in [-0.3, -0.25) is 9.59 Å². The number of aromatic hydroxyl groups is 2. The molecule has 25 heavy (non-hydrogen) atoms. The summed E-state index contributed by atoms with van der Waals surface area (Å²) in [5.74, 6) is -2.54. The summed E-state index contributed by atoms with van der Waals surface area (Å²) in [4.78, 5) is 24.6. The third kappa shape index (κ3) is 5.63. The first-order valence-corrected chi connectivity index (χ1v) is 9.22. The van der Waals surface area contributed by atoms with Crippen LogP contribution in [-0.2, 0) is 4.79 Å². The van der Waals surface area contributed by atoms with Gasteiger partial charge in [0.05, 0.1) is 5.02 Å². The number of nitrogens with one attached hydrogen (secondary N) is 1. The van der Waals surface area contributed by atoms with Crippen LogP contribution in [0.3, 0.4) is 0 Å². The minimum atomic E-state index is -0.782. The van der Waals surface area contributed by atoms with E-state index in [1.807, 2.05) is 0 Å². The van der Waals surface area contributed by atoms with E-state index >= 15 is 0 Å². The monoisotopic (exact) mass is 369 g/mol. The number of rotatable bonds is 10. The Hall–Kier alpha value is -1.75. The predicted octanol–water partition coefficient (Wildman–Crippen LogP) is 4.44. The molecule has 0 atom stereocenters. The van der Waals surface area contributed by atoms with Crippen LogP contribution in [0.25, 0.3) is 0 Å². The van der Waals surface area contributed by atoms with Crippen LogP contribution < -0.4 is 5.32 Å². The molecule has 0 radical (unpaired) electrons. The van der Waals surface area contributed by atoms with Gasteiger partial charge in [-0.2, -0.15) is 0 Å². The highest BCUT2D eigenvalue weighted by molar-refractivity contribution is 6.43. The molecular formula is C19H28ClNO4. The molecule has 0 spiro atoms. The molecule has 0 aliphatic heterocycles. The third-order valence-corrected chi connectivity index (χ3v) is 4.76. The minimum Gasteiger partial charge on any atom is -0.504 e. The fraction of sp³-hybridized carbons (Fsp3) is 0.579. The second-order valence-corrected chi connectivity index (χ2v) is 6.99. The highest BCUT2D eigenvalue weighted by atomic mass is 35.5. The lowest BCUT2D eigenvalue weighted by Gasteiger charge is -2.33. The average molecular weight is 370 g/mol. The molecule has 6 heteroatoms. The van der Waals surface area contributed by atoms with Gasteiger partial charge in [0.1, 0.15) is 0 Å². The van der Waals surface area contributed by atoms with Gasteiger partial charge in [0.15, 0.2) is 11.5 Å². The van der Waals surface area contributed by atoms with Crippen LogP contribution in [0.1, 0.15) is 69.7 Å². The van der Waals surface area contributed by atoms with Crippen LogP contribution in [0.2, 0.25) is 5.02 Å². The molecule has 0 fully saturated rings. The number of benzene rings is 1. The van der Waals surface area contributed by atoms with Gasteiger partial charge in [0, 0.05) is 12.1 Å². The Morgan fingerprint density at radius 1 is 1.04 bits per heavy atom. The van der Waals surface area contributed by atoms with Crippen molar-refractivity contribution in [1.82, 2.24) is 5.32 Å². The Bertz CT molecular complexity index is 575. The average Bonchev–Trinajstić information content (AvgIpc) is 2.57. The summed E-state index contributed by atoms with van der Waals surface area (Å²) in [6.07, 6.45) is 6.04. The van der Waals surface area contributed by atoms with Crippen LogP contribution in [-0.4, -0.2) is 28.4 Å². The van der Waals surface area contributed by atoms with E-state index in [0.717, 1.165) is 44.6 Å². The van der Waals surface area contributed by atoms with Crippen molar-refractivity contribution >= 4 is 23.3 Å². The van der Waals surface area contributed by atoms with Gasteiger partial charge >= 0.3 is 0 Å². The number of Topliss-reactive ketones (excluding diaryl/α,β-unsaturated/α-hetero) is 1. The van der Waals surface area contributed by atoms with Crippen molar-refractivity contribution < 1.29 is 19.8 Å². The van der Waals surface area contributed by atoms with Crippen molar-refractivity contribution in [2.24, 2.45) is 5.41 Å². The molecule has 1 aromatic rings. The number of phenolic OH excluding ortho intramolecular Hbond substituents is 2. The van der Waals surface area contributed by atoms with Crippen LogP contribution in [0.15, 0.2) is 12.1 Å². The third-order valence-electron chi connectivity index (χ3n) is 4.48. The lowest BCUT2D eigenvalue weighted by molar-refractivity contribution is -0.117. The van der Waals surface area contributed by atoms with Crippen molar-refractivity contribution in [3.05, 3.63) is 22.7 Å². The molecule has 0 bridgehead atoms. The normalized spacial score (nSPS) is 11.4. The maximum atomic E-state index is 12.3. The zero-order valence-electron chi connectivity index (χ0n) is 15.2. The number of carbonyl (C=O) groups excluding carboxylic acids is 2. The van der Waals surface area contributed by atoms with E-state index in [1.54, 1.807) is 0 Å².